The van der Waals surface area contributed by atoms with E-state index in [9.17, 15) is 0 Å². The van der Waals surface area contributed by atoms with Gasteiger partial charge in [-0.25, -0.2) is 9.97 Å². The molecule has 0 saturated carbocycles. The lowest BCUT2D eigenvalue weighted by Crippen LogP contribution is -2.06. The van der Waals surface area contributed by atoms with Crippen molar-refractivity contribution in [3.63, 3.8) is 0 Å². The molecule has 0 aliphatic carbocycles. The van der Waals surface area contributed by atoms with Crippen molar-refractivity contribution < 1.29 is 0 Å². The van der Waals surface area contributed by atoms with Crippen molar-refractivity contribution in [2.75, 3.05) is 17.3 Å². The maximum Gasteiger partial charge on any atom is 0.139 e. The molecule has 0 unspecified atom stereocenters. The molecular formula is C14H18N4S. The molecule has 1 aromatic carbocycles. The smallest absolute Gasteiger partial charge is 0.139 e. The van der Waals surface area contributed by atoms with Crippen LogP contribution in [-0.2, 0) is 6.42 Å². The Morgan fingerprint density at radius 2 is 2.11 bits per heavy atom. The Labute approximate surface area is 117 Å². The molecule has 19 heavy (non-hydrogen) atoms. The van der Waals surface area contributed by atoms with Gasteiger partial charge in [0.05, 0.1) is 0 Å². The molecule has 0 spiro atoms. The van der Waals surface area contributed by atoms with Gasteiger partial charge < -0.3 is 11.1 Å². The predicted molar refractivity (Wildman–Crippen MR) is 82.1 cm³/mol. The molecule has 4 nitrogen and oxygen atoms in total. The lowest BCUT2D eigenvalue weighted by atomic mass is 10.2. The second-order valence-corrected chi connectivity index (χ2v) is 5.09. The second-order valence-electron chi connectivity index (χ2n) is 4.21. The van der Waals surface area contributed by atoms with Crippen molar-refractivity contribution in [1.29, 1.82) is 0 Å². The molecule has 0 saturated heterocycles. The maximum absolute atomic E-state index is 5.91. The highest BCUT2D eigenvalue weighted by atomic mass is 32.2. The molecule has 0 atom stereocenters. The lowest BCUT2D eigenvalue weighted by Gasteiger charge is -2.12. The summed E-state index contributed by atoms with van der Waals surface area (Å²) in [5.74, 6) is 2.07. The first-order valence-corrected chi connectivity index (χ1v) is 7.40. The largest absolute Gasteiger partial charge is 0.383 e. The lowest BCUT2D eigenvalue weighted by molar-refractivity contribution is 0.940. The molecule has 0 aliphatic heterocycles. The minimum absolute atomic E-state index is 0.537. The van der Waals surface area contributed by atoms with Crippen LogP contribution >= 0.6 is 11.8 Å². The number of nitrogen functional groups attached to an aromatic ring is 1. The molecular weight excluding hydrogens is 256 g/mol. The van der Waals surface area contributed by atoms with Gasteiger partial charge in [-0.3, -0.25) is 0 Å². The number of thioether (sulfide) groups is 1. The van der Waals surface area contributed by atoms with Gasteiger partial charge in [0.15, 0.2) is 0 Å². The second kappa shape index (κ2) is 5.93. The van der Waals surface area contributed by atoms with E-state index in [1.54, 1.807) is 11.8 Å². The van der Waals surface area contributed by atoms with Gasteiger partial charge in [-0.05, 0) is 31.4 Å². The number of hydrogen-bond donors (Lipinski definition) is 2. The van der Waals surface area contributed by atoms with Gasteiger partial charge in [0.2, 0.25) is 0 Å². The van der Waals surface area contributed by atoms with Crippen molar-refractivity contribution in [3.05, 3.63) is 35.7 Å². The third-order valence-corrected chi connectivity index (χ3v) is 3.60. The van der Waals surface area contributed by atoms with E-state index in [0.717, 1.165) is 29.3 Å². The van der Waals surface area contributed by atoms with Gasteiger partial charge in [0, 0.05) is 22.6 Å². The molecule has 5 heteroatoms. The van der Waals surface area contributed by atoms with Crippen LogP contribution in [-0.4, -0.2) is 16.2 Å². The van der Waals surface area contributed by atoms with Crippen molar-refractivity contribution in [3.8, 4) is 0 Å². The summed E-state index contributed by atoms with van der Waals surface area (Å²) >= 11 is 1.71. The maximum atomic E-state index is 5.91. The van der Waals surface area contributed by atoms with Gasteiger partial charge in [0.1, 0.15) is 17.5 Å². The number of anilines is 3. The Hall–Kier alpha value is -1.75. The number of nitrogens with two attached hydrogens (primary N) is 1. The quantitative estimate of drug-likeness (QED) is 0.837. The number of nitrogens with zero attached hydrogens (tertiary/aromatic N) is 2. The summed E-state index contributed by atoms with van der Waals surface area (Å²) in [5, 5.41) is 3.32. The zero-order valence-electron chi connectivity index (χ0n) is 11.4. The Balaban J connectivity index is 2.34. The van der Waals surface area contributed by atoms with Gasteiger partial charge in [-0.1, -0.05) is 13.0 Å². The molecule has 0 fully saturated rings. The number of hydrogen-bond acceptors (Lipinski definition) is 5. The van der Waals surface area contributed by atoms with E-state index in [4.69, 9.17) is 5.73 Å². The summed E-state index contributed by atoms with van der Waals surface area (Å²) in [6.45, 7) is 3.94. The fourth-order valence-electron chi connectivity index (χ4n) is 1.70. The van der Waals surface area contributed by atoms with Crippen LogP contribution in [0.3, 0.4) is 0 Å². The predicted octanol–water partition coefficient (Wildman–Crippen LogP) is 3.40. The Morgan fingerprint density at radius 1 is 1.32 bits per heavy atom. The highest BCUT2D eigenvalue weighted by Crippen LogP contribution is 2.24. The molecule has 100 valence electrons. The summed E-state index contributed by atoms with van der Waals surface area (Å²) in [6.07, 6.45) is 2.83. The van der Waals surface area contributed by atoms with Crippen LogP contribution in [0.5, 0.6) is 0 Å². The van der Waals surface area contributed by atoms with E-state index in [0.29, 0.717) is 5.82 Å². The van der Waals surface area contributed by atoms with Gasteiger partial charge in [0.25, 0.3) is 0 Å². The number of rotatable bonds is 4. The molecule has 1 heterocycles. The van der Waals surface area contributed by atoms with Gasteiger partial charge >= 0.3 is 0 Å². The fourth-order valence-corrected chi connectivity index (χ4v) is 2.16. The molecule has 1 aromatic heterocycles. The minimum atomic E-state index is 0.537. The summed E-state index contributed by atoms with van der Waals surface area (Å²) in [5.41, 5.74) is 7.80. The van der Waals surface area contributed by atoms with Gasteiger partial charge in [-0.15, -0.1) is 11.8 Å². The SMILES string of the molecule is CCc1nc(N)c(C)c(Nc2cccc(SC)c2)n1. The molecule has 0 bridgehead atoms. The van der Waals surface area contributed by atoms with Crippen LogP contribution in [0, 0.1) is 6.92 Å². The van der Waals surface area contributed by atoms with E-state index >= 15 is 0 Å². The van der Waals surface area contributed by atoms with Crippen LogP contribution in [0.25, 0.3) is 0 Å². The molecule has 3 N–H and O–H groups in total. The minimum Gasteiger partial charge on any atom is -0.383 e. The Bertz CT molecular complexity index is 584. The zero-order chi connectivity index (χ0) is 13.8. The average molecular weight is 274 g/mol. The molecule has 2 aromatic rings. The summed E-state index contributed by atoms with van der Waals surface area (Å²) in [7, 11) is 0. The standard InChI is InChI=1S/C14H18N4S/c1-4-12-17-13(15)9(2)14(18-12)16-10-6-5-7-11(8-10)19-3/h5-8H,4H2,1-3H3,(H3,15,16,17,18). The highest BCUT2D eigenvalue weighted by Gasteiger charge is 2.08. The molecule has 2 rings (SSSR count). The van der Waals surface area contributed by atoms with Crippen molar-refractivity contribution >= 4 is 29.1 Å². The van der Waals surface area contributed by atoms with E-state index in [2.05, 4.69) is 33.7 Å². The van der Waals surface area contributed by atoms with Crippen LogP contribution in [0.15, 0.2) is 29.2 Å². The normalized spacial score (nSPS) is 10.5. The summed E-state index contributed by atoms with van der Waals surface area (Å²) < 4.78 is 0. The zero-order valence-corrected chi connectivity index (χ0v) is 12.2. The molecule has 0 amide bonds. The van der Waals surface area contributed by atoms with E-state index in [-0.39, 0.29) is 0 Å². The third kappa shape index (κ3) is 3.17. The fraction of sp³-hybridized carbons (Fsp3) is 0.286. The summed E-state index contributed by atoms with van der Waals surface area (Å²) in [4.78, 5) is 9.95. The monoisotopic (exact) mass is 274 g/mol. The summed E-state index contributed by atoms with van der Waals surface area (Å²) in [6, 6.07) is 8.21. The van der Waals surface area contributed by atoms with Crippen LogP contribution in [0.4, 0.5) is 17.3 Å². The van der Waals surface area contributed by atoms with E-state index in [1.807, 2.05) is 26.0 Å². The number of benzene rings is 1. The number of aromatic nitrogens is 2. The van der Waals surface area contributed by atoms with Gasteiger partial charge in [-0.2, -0.15) is 0 Å². The number of aryl methyl sites for hydroxylation is 1. The van der Waals surface area contributed by atoms with Crippen molar-refractivity contribution in [2.45, 2.75) is 25.2 Å². The Morgan fingerprint density at radius 3 is 2.79 bits per heavy atom. The Kier molecular flexibility index (Phi) is 4.27. The molecule has 0 radical (unpaired) electrons. The van der Waals surface area contributed by atoms with Crippen molar-refractivity contribution in [2.24, 2.45) is 0 Å². The van der Waals surface area contributed by atoms with E-state index in [1.165, 1.54) is 4.90 Å². The topological polar surface area (TPSA) is 63.8 Å². The highest BCUT2D eigenvalue weighted by molar-refractivity contribution is 7.98. The van der Waals surface area contributed by atoms with E-state index < -0.39 is 0 Å². The van der Waals surface area contributed by atoms with Crippen LogP contribution in [0.2, 0.25) is 0 Å². The number of nitrogens with one attached hydrogen (secondary N) is 1. The first-order valence-electron chi connectivity index (χ1n) is 6.18. The van der Waals surface area contributed by atoms with Crippen LogP contribution < -0.4 is 11.1 Å². The third-order valence-electron chi connectivity index (χ3n) is 2.88. The average Bonchev–Trinajstić information content (AvgIpc) is 2.43. The van der Waals surface area contributed by atoms with Crippen LogP contribution in [0.1, 0.15) is 18.3 Å². The first-order chi connectivity index (χ1) is 9.13. The first kappa shape index (κ1) is 13.7. The molecule has 0 aliphatic rings. The van der Waals surface area contributed by atoms with Crippen molar-refractivity contribution in [1.82, 2.24) is 9.97 Å².